The summed E-state index contributed by atoms with van der Waals surface area (Å²) in [6, 6.07) is 10.9. The molecule has 3 aromatic rings. The Balaban J connectivity index is 1.24. The van der Waals surface area contributed by atoms with Crippen LogP contribution >= 0.6 is 12.0 Å². The highest BCUT2D eigenvalue weighted by atomic mass is 32.2. The monoisotopic (exact) mass is 972 g/mol. The summed E-state index contributed by atoms with van der Waals surface area (Å²) < 4.78 is 94.4. The lowest BCUT2D eigenvalue weighted by atomic mass is 9.80. The number of benzene rings is 3. The molecule has 3 aliphatic rings. The molecule has 0 atom stereocenters. The molecule has 2 heterocycles. The van der Waals surface area contributed by atoms with Crippen LogP contribution in [0.5, 0.6) is 0 Å². The zero-order valence-electron chi connectivity index (χ0n) is 37.5. The molecule has 17 nitrogen and oxygen atoms in total. The topological polar surface area (TPSA) is 231 Å². The Labute approximate surface area is 389 Å². The molecule has 0 spiro atoms. The maximum Gasteiger partial charge on any atom is 0.303 e. The van der Waals surface area contributed by atoms with E-state index in [1.807, 2.05) is 51.2 Å². The largest absolute Gasteiger partial charge is 0.691 e. The van der Waals surface area contributed by atoms with E-state index in [2.05, 4.69) is 46.0 Å². The van der Waals surface area contributed by atoms with E-state index >= 15 is 0 Å². The molecule has 3 N–H and O–H groups in total. The van der Waals surface area contributed by atoms with Crippen LogP contribution in [-0.2, 0) is 64.3 Å². The molecule has 0 radical (unpaired) electrons. The van der Waals surface area contributed by atoms with Crippen molar-refractivity contribution in [3.05, 3.63) is 101 Å². The van der Waals surface area contributed by atoms with Crippen molar-refractivity contribution in [1.29, 1.82) is 0 Å². The second-order valence-electron chi connectivity index (χ2n) is 17.0. The van der Waals surface area contributed by atoms with Crippen molar-refractivity contribution in [2.75, 3.05) is 58.4 Å². The van der Waals surface area contributed by atoms with Crippen LogP contribution in [0.3, 0.4) is 0 Å². The van der Waals surface area contributed by atoms with Crippen LogP contribution < -0.4 is 10.3 Å². The van der Waals surface area contributed by atoms with E-state index in [0.29, 0.717) is 49.3 Å². The van der Waals surface area contributed by atoms with E-state index in [4.69, 9.17) is 24.2 Å². The van der Waals surface area contributed by atoms with Crippen LogP contribution in [0.25, 0.3) is 10.8 Å². The molecule has 6 rings (SSSR count). The third kappa shape index (κ3) is 12.0. The van der Waals surface area contributed by atoms with Gasteiger partial charge in [-0.1, -0.05) is 38.1 Å². The molecule has 66 heavy (non-hydrogen) atoms. The second kappa shape index (κ2) is 21.8. The lowest BCUT2D eigenvalue weighted by molar-refractivity contribution is -0.777. The van der Waals surface area contributed by atoms with Gasteiger partial charge in [-0.3, -0.25) is 23.8 Å². The Morgan fingerprint density at radius 1 is 0.848 bits per heavy atom. The van der Waals surface area contributed by atoms with Gasteiger partial charge in [-0.25, -0.2) is 5.06 Å². The zero-order valence-corrected chi connectivity index (χ0v) is 39.9. The van der Waals surface area contributed by atoms with E-state index in [0.717, 1.165) is 76.4 Å². The van der Waals surface area contributed by atoms with Gasteiger partial charge in [0.2, 0.25) is 5.69 Å². The van der Waals surface area contributed by atoms with Crippen molar-refractivity contribution in [1.82, 2.24) is 0 Å². The van der Waals surface area contributed by atoms with Crippen LogP contribution in [0.2, 0.25) is 0 Å². The van der Waals surface area contributed by atoms with Crippen LogP contribution in [0.4, 0.5) is 11.4 Å². The highest BCUT2D eigenvalue weighted by Gasteiger charge is 2.46. The van der Waals surface area contributed by atoms with Gasteiger partial charge in [0.1, 0.15) is 11.9 Å². The molecule has 1 aliphatic carbocycles. The molecule has 358 valence electrons. The summed E-state index contributed by atoms with van der Waals surface area (Å²) in [4.78, 5) is 16.7. The summed E-state index contributed by atoms with van der Waals surface area (Å²) in [6.45, 7) is 9.72. The summed E-state index contributed by atoms with van der Waals surface area (Å²) in [6.07, 6.45) is 14.0. The number of nitrogens with zero attached hydrogens (tertiary/aromatic N) is 2. The third-order valence-electron chi connectivity index (χ3n) is 11.8. The van der Waals surface area contributed by atoms with Gasteiger partial charge in [0.25, 0.3) is 20.2 Å². The lowest BCUT2D eigenvalue weighted by Gasteiger charge is -2.26. The minimum absolute atomic E-state index is 0.0294. The summed E-state index contributed by atoms with van der Waals surface area (Å²) in [5, 5.41) is 24.7. The molecule has 0 bridgehead atoms. The molecule has 0 fully saturated rings. The van der Waals surface area contributed by atoms with Gasteiger partial charge in [0.15, 0.2) is 5.71 Å². The second-order valence-corrected chi connectivity index (χ2v) is 20.6. The van der Waals surface area contributed by atoms with E-state index in [1.165, 1.54) is 17.2 Å². The Morgan fingerprint density at radius 3 is 2.21 bits per heavy atom. The number of carbonyl (C=O) groups is 1. The number of allylic oxidation sites excluding steroid dienone is 8. The van der Waals surface area contributed by atoms with E-state index in [9.17, 15) is 36.0 Å². The quantitative estimate of drug-likeness (QED) is 0.0215. The Morgan fingerprint density at radius 2 is 1.55 bits per heavy atom. The van der Waals surface area contributed by atoms with Gasteiger partial charge in [-0.05, 0) is 110 Å². The maximum atomic E-state index is 13.1. The molecule has 0 aromatic heterocycles. The maximum absolute atomic E-state index is 13.1. The Hall–Kier alpha value is -4.29. The van der Waals surface area contributed by atoms with E-state index in [-0.39, 0.29) is 49.3 Å². The first-order valence-electron chi connectivity index (χ1n) is 21.4. The van der Waals surface area contributed by atoms with Gasteiger partial charge in [-0.15, -0.1) is 0 Å². The first kappa shape index (κ1) is 51.1. The van der Waals surface area contributed by atoms with Gasteiger partial charge in [-0.2, -0.15) is 25.7 Å². The van der Waals surface area contributed by atoms with Crippen LogP contribution in [0.1, 0.15) is 77.3 Å². The first-order chi connectivity index (χ1) is 31.2. The highest BCUT2D eigenvalue weighted by Crippen LogP contribution is 2.54. The van der Waals surface area contributed by atoms with Gasteiger partial charge in [0.05, 0.1) is 73.4 Å². The smallest absolute Gasteiger partial charge is 0.303 e. The minimum atomic E-state index is -4.93. The van der Waals surface area contributed by atoms with Crippen molar-refractivity contribution < 1.29 is 74.1 Å². The molecule has 2 aliphatic heterocycles. The number of anilines is 1. The minimum Gasteiger partial charge on any atom is -0.691 e. The van der Waals surface area contributed by atoms with Gasteiger partial charge >= 0.3 is 5.97 Å². The fourth-order valence-electron chi connectivity index (χ4n) is 8.60. The average Bonchev–Trinajstić information content (AvgIpc) is 3.59. The van der Waals surface area contributed by atoms with Crippen LogP contribution in [0, 0.1) is 0 Å². The van der Waals surface area contributed by atoms with Crippen LogP contribution in [-0.4, -0.2) is 101 Å². The number of hydrogen-bond acceptors (Lipinski definition) is 14. The lowest BCUT2D eigenvalue weighted by Crippen LogP contribution is -2.28. The molecular formula is C46H56N2O15S3. The molecule has 20 heteroatoms. The van der Waals surface area contributed by atoms with Crippen molar-refractivity contribution in [3.63, 3.8) is 0 Å². The normalized spacial score (nSPS) is 18.2. The summed E-state index contributed by atoms with van der Waals surface area (Å²) in [5.74, 6) is -0.836. The number of rotatable bonds is 23. The zero-order chi connectivity index (χ0) is 47.9. The molecule has 3 aromatic carbocycles. The molecule has 0 saturated heterocycles. The first-order valence-corrected chi connectivity index (χ1v) is 25.0. The third-order valence-corrected chi connectivity index (χ3v) is 14.1. The number of aliphatic carboxylic acids is 1. The average molecular weight is 973 g/mol. The molecular weight excluding hydrogens is 917 g/mol. The standard InChI is InChI=1S/C46H56N2O15S3/c1-45(2)37-30-34(64-63-62-51)14-17-38(37)47(5)40(45)18-12-31-9-8-10-32(27-31)13-19-41-46(3,4)43-36-16-15-35(65(52,53)54)28-33(36)29-39(66(55,56)57)44(43)48(41)61-26-25-60-24-23-59-22-21-58-20-7-6-11-42(49)50/h12-19,27-30H,6-11,20-26H2,1-5H3,(H3-,49,50,51,52,53,54,55,56,57). The summed E-state index contributed by atoms with van der Waals surface area (Å²) in [7, 11) is -7.56. The van der Waals surface area contributed by atoms with Gasteiger partial charge in [0, 0.05) is 41.0 Å². The molecule has 0 saturated carbocycles. The van der Waals surface area contributed by atoms with E-state index in [1.54, 1.807) is 0 Å². The summed E-state index contributed by atoms with van der Waals surface area (Å²) >= 11 is 0.850. The fourth-order valence-corrected chi connectivity index (χ4v) is 10.2. The predicted molar refractivity (Wildman–Crippen MR) is 245 cm³/mol. The Kier molecular flexibility index (Phi) is 16.9. The number of ether oxygens (including phenoxy) is 3. The van der Waals surface area contributed by atoms with Crippen molar-refractivity contribution in [2.45, 2.75) is 91.7 Å². The SMILES string of the molecule is C[N+]1=C(/C=C/C2=CC(=C/C=C3/N(OCCOCCOCCOCCCCC(=O)O)c4c(S(=O)(=O)O)cc5cc(S(=O)(=O)O)ccc5c4C3(C)C)/CCC2)C(C)(C)c2cc(SOO[O-])ccc21. The number of carboxylic acid groups (broad SMARTS) is 1. The summed E-state index contributed by atoms with van der Waals surface area (Å²) in [5.41, 5.74) is 5.03. The number of hydrogen-bond donors (Lipinski definition) is 3. The Bertz CT molecular complexity index is 2690. The molecule has 0 unspecified atom stereocenters. The number of fused-ring (bicyclic) bond motifs is 4. The number of unbranched alkanes of at least 4 members (excludes halogenated alkanes) is 1. The predicted octanol–water partition coefficient (Wildman–Crippen LogP) is 7.08. The molecule has 0 amide bonds. The highest BCUT2D eigenvalue weighted by molar-refractivity contribution is 7.94. The van der Waals surface area contributed by atoms with Gasteiger partial charge < -0.3 is 24.6 Å². The number of hydroxylamine groups is 1. The van der Waals surface area contributed by atoms with E-state index < -0.39 is 41.4 Å². The fraction of sp³-hybridized carbons (Fsp3) is 0.435. The van der Waals surface area contributed by atoms with Crippen molar-refractivity contribution in [3.8, 4) is 0 Å². The number of carboxylic acids is 1. The van der Waals surface area contributed by atoms with Crippen molar-refractivity contribution in [2.24, 2.45) is 0 Å². The van der Waals surface area contributed by atoms with Crippen molar-refractivity contribution >= 4 is 66.1 Å². The van der Waals surface area contributed by atoms with Crippen LogP contribution in [0.15, 0.2) is 104 Å².